The Balaban J connectivity index is 3.53. The Morgan fingerprint density at radius 2 is 2.00 bits per heavy atom. The number of rotatable bonds is 5. The second-order valence-corrected chi connectivity index (χ2v) is 3.06. The molecule has 0 nitrogen and oxygen atoms in total. The summed E-state index contributed by atoms with van der Waals surface area (Å²) in [7, 11) is 0. The van der Waals surface area contributed by atoms with Crippen molar-refractivity contribution in [1.29, 1.82) is 0 Å². The lowest BCUT2D eigenvalue weighted by Crippen LogP contribution is -1.78. The lowest BCUT2D eigenvalue weighted by molar-refractivity contribution is 0.848. The topological polar surface area (TPSA) is 0 Å². The van der Waals surface area contributed by atoms with Gasteiger partial charge in [-0.3, -0.25) is 0 Å². The summed E-state index contributed by atoms with van der Waals surface area (Å²) in [6, 6.07) is 0. The molecular formula is C11H18. The van der Waals surface area contributed by atoms with Crippen LogP contribution in [0.3, 0.4) is 0 Å². The maximum Gasteiger partial charge on any atom is -0.0282 e. The second-order valence-electron chi connectivity index (χ2n) is 3.06. The predicted octanol–water partition coefficient (Wildman–Crippen LogP) is 3.87. The highest BCUT2D eigenvalue weighted by atomic mass is 13.9. The van der Waals surface area contributed by atoms with Gasteiger partial charge < -0.3 is 0 Å². The molecule has 0 N–H and O–H groups in total. The normalized spacial score (nSPS) is 8.91. The fourth-order valence-electron chi connectivity index (χ4n) is 0.954. The highest BCUT2D eigenvalue weighted by molar-refractivity contribution is 5.17. The zero-order valence-corrected chi connectivity index (χ0v) is 7.69. The highest BCUT2D eigenvalue weighted by Gasteiger charge is 1.88. The largest absolute Gasteiger partial charge is 0.103 e. The predicted molar refractivity (Wildman–Crippen MR) is 52.6 cm³/mol. The Morgan fingerprint density at radius 3 is 2.45 bits per heavy atom. The summed E-state index contributed by atoms with van der Waals surface area (Å²) in [6.07, 6.45) is 7.46. The molecule has 0 aliphatic rings. The van der Waals surface area contributed by atoms with Gasteiger partial charge in [-0.2, -0.15) is 0 Å². The standard InChI is InChI=1S/C11H18/c1-5-6-7-8-11(4)9-10(2)3/h5,9H,1,4,6-8H2,2-3H3. The quantitative estimate of drug-likeness (QED) is 0.317. The molecule has 0 bridgehead atoms. The van der Waals surface area contributed by atoms with Crippen LogP contribution in [0.5, 0.6) is 0 Å². The summed E-state index contributed by atoms with van der Waals surface area (Å²) < 4.78 is 0. The van der Waals surface area contributed by atoms with E-state index in [1.165, 1.54) is 17.6 Å². The van der Waals surface area contributed by atoms with Crippen LogP contribution in [-0.2, 0) is 0 Å². The molecule has 0 radical (unpaired) electrons. The fraction of sp³-hybridized carbons (Fsp3) is 0.455. The van der Waals surface area contributed by atoms with Gasteiger partial charge in [-0.15, -0.1) is 6.58 Å². The molecule has 0 fully saturated rings. The zero-order valence-electron chi connectivity index (χ0n) is 7.69. The van der Waals surface area contributed by atoms with Crippen molar-refractivity contribution in [3.8, 4) is 0 Å². The number of hydrogen-bond acceptors (Lipinski definition) is 0. The van der Waals surface area contributed by atoms with Crippen LogP contribution in [0.2, 0.25) is 0 Å². The summed E-state index contributed by atoms with van der Waals surface area (Å²) >= 11 is 0. The van der Waals surface area contributed by atoms with E-state index in [-0.39, 0.29) is 0 Å². The third-order valence-corrected chi connectivity index (χ3v) is 1.40. The monoisotopic (exact) mass is 150 g/mol. The third kappa shape index (κ3) is 7.11. The van der Waals surface area contributed by atoms with Gasteiger partial charge in [-0.1, -0.05) is 29.9 Å². The lowest BCUT2D eigenvalue weighted by atomic mass is 10.1. The van der Waals surface area contributed by atoms with Crippen LogP contribution in [0.25, 0.3) is 0 Å². The summed E-state index contributed by atoms with van der Waals surface area (Å²) in [4.78, 5) is 0. The zero-order chi connectivity index (χ0) is 8.69. The molecule has 11 heavy (non-hydrogen) atoms. The number of unbranched alkanes of at least 4 members (excludes halogenated alkanes) is 1. The first-order valence-electron chi connectivity index (χ1n) is 4.10. The Hall–Kier alpha value is -0.780. The molecule has 0 saturated heterocycles. The molecular weight excluding hydrogens is 132 g/mol. The maximum atomic E-state index is 3.96. The van der Waals surface area contributed by atoms with Crippen LogP contribution in [0, 0.1) is 0 Å². The molecule has 0 atom stereocenters. The first-order valence-corrected chi connectivity index (χ1v) is 4.10. The van der Waals surface area contributed by atoms with Crippen LogP contribution in [0.4, 0.5) is 0 Å². The van der Waals surface area contributed by atoms with Crippen molar-refractivity contribution in [2.75, 3.05) is 0 Å². The molecule has 0 aromatic heterocycles. The van der Waals surface area contributed by atoms with Crippen molar-refractivity contribution in [1.82, 2.24) is 0 Å². The van der Waals surface area contributed by atoms with Gasteiger partial charge in [-0.25, -0.2) is 0 Å². The van der Waals surface area contributed by atoms with Crippen molar-refractivity contribution in [2.24, 2.45) is 0 Å². The first kappa shape index (κ1) is 10.2. The number of allylic oxidation sites excluding steroid dienone is 4. The van der Waals surface area contributed by atoms with E-state index >= 15 is 0 Å². The van der Waals surface area contributed by atoms with E-state index in [0.717, 1.165) is 12.8 Å². The smallest absolute Gasteiger partial charge is 0.0282 e. The van der Waals surface area contributed by atoms with Crippen LogP contribution in [-0.4, -0.2) is 0 Å². The van der Waals surface area contributed by atoms with E-state index in [9.17, 15) is 0 Å². The minimum Gasteiger partial charge on any atom is -0.103 e. The van der Waals surface area contributed by atoms with Gasteiger partial charge in [0.1, 0.15) is 0 Å². The van der Waals surface area contributed by atoms with Crippen LogP contribution < -0.4 is 0 Å². The Bertz CT molecular complexity index is 157. The van der Waals surface area contributed by atoms with Gasteiger partial charge >= 0.3 is 0 Å². The van der Waals surface area contributed by atoms with E-state index in [1.54, 1.807) is 0 Å². The Morgan fingerprint density at radius 1 is 1.36 bits per heavy atom. The molecule has 0 unspecified atom stereocenters. The Labute approximate surface area is 70.3 Å². The summed E-state index contributed by atoms with van der Waals surface area (Å²) in [5.41, 5.74) is 2.56. The van der Waals surface area contributed by atoms with Crippen molar-refractivity contribution < 1.29 is 0 Å². The van der Waals surface area contributed by atoms with E-state index in [2.05, 4.69) is 33.1 Å². The van der Waals surface area contributed by atoms with Crippen molar-refractivity contribution in [2.45, 2.75) is 33.1 Å². The molecule has 62 valence electrons. The fourth-order valence-corrected chi connectivity index (χ4v) is 0.954. The first-order chi connectivity index (χ1) is 5.16. The van der Waals surface area contributed by atoms with Gasteiger partial charge in [-0.05, 0) is 33.1 Å². The van der Waals surface area contributed by atoms with Crippen molar-refractivity contribution >= 4 is 0 Å². The molecule has 0 amide bonds. The molecule has 0 aromatic rings. The summed E-state index contributed by atoms with van der Waals surface area (Å²) in [6.45, 7) is 11.8. The van der Waals surface area contributed by atoms with E-state index in [1.807, 2.05) is 6.08 Å². The average Bonchev–Trinajstić information content (AvgIpc) is 1.86. The van der Waals surface area contributed by atoms with Gasteiger partial charge in [0, 0.05) is 0 Å². The van der Waals surface area contributed by atoms with Crippen LogP contribution in [0.15, 0.2) is 36.5 Å². The summed E-state index contributed by atoms with van der Waals surface area (Å²) in [5, 5.41) is 0. The van der Waals surface area contributed by atoms with E-state index in [4.69, 9.17) is 0 Å². The van der Waals surface area contributed by atoms with Gasteiger partial charge in [0.2, 0.25) is 0 Å². The molecule has 0 aliphatic heterocycles. The molecule has 0 heteroatoms. The van der Waals surface area contributed by atoms with Crippen molar-refractivity contribution in [3.05, 3.63) is 36.5 Å². The Kier molecular flexibility index (Phi) is 5.54. The summed E-state index contributed by atoms with van der Waals surface area (Å²) in [5.74, 6) is 0. The second kappa shape index (κ2) is 5.96. The molecule has 0 rings (SSSR count). The maximum absolute atomic E-state index is 3.96. The van der Waals surface area contributed by atoms with E-state index < -0.39 is 0 Å². The minimum absolute atomic E-state index is 1.09. The van der Waals surface area contributed by atoms with Crippen LogP contribution >= 0.6 is 0 Å². The third-order valence-electron chi connectivity index (χ3n) is 1.40. The number of hydrogen-bond donors (Lipinski definition) is 0. The average molecular weight is 150 g/mol. The molecule has 0 heterocycles. The van der Waals surface area contributed by atoms with Gasteiger partial charge in [0.25, 0.3) is 0 Å². The van der Waals surface area contributed by atoms with Gasteiger partial charge in [0.05, 0.1) is 0 Å². The lowest BCUT2D eigenvalue weighted by Gasteiger charge is -1.98. The molecule has 0 saturated carbocycles. The van der Waals surface area contributed by atoms with Gasteiger partial charge in [0.15, 0.2) is 0 Å². The van der Waals surface area contributed by atoms with E-state index in [0.29, 0.717) is 0 Å². The highest BCUT2D eigenvalue weighted by Crippen LogP contribution is 2.08. The van der Waals surface area contributed by atoms with Crippen LogP contribution in [0.1, 0.15) is 33.1 Å². The molecule has 0 aromatic carbocycles. The SMILES string of the molecule is C=CCCCC(=C)C=C(C)C. The molecule has 0 aliphatic carbocycles. The molecule has 0 spiro atoms. The van der Waals surface area contributed by atoms with Crippen molar-refractivity contribution in [3.63, 3.8) is 0 Å². The minimum atomic E-state index is 1.09.